The first-order valence-electron chi connectivity index (χ1n) is 10.3. The van der Waals surface area contributed by atoms with E-state index in [0.717, 1.165) is 25.6 Å². The van der Waals surface area contributed by atoms with Gasteiger partial charge in [0.1, 0.15) is 12.4 Å². The van der Waals surface area contributed by atoms with Crippen LogP contribution in [0.2, 0.25) is 5.02 Å². The Kier molecular flexibility index (Phi) is 7.37. The summed E-state index contributed by atoms with van der Waals surface area (Å²) in [6.07, 6.45) is 1.69. The third-order valence-corrected chi connectivity index (χ3v) is 6.65. The van der Waals surface area contributed by atoms with Crippen molar-refractivity contribution in [3.8, 4) is 5.75 Å². The van der Waals surface area contributed by atoms with E-state index in [4.69, 9.17) is 21.1 Å². The van der Waals surface area contributed by atoms with Crippen LogP contribution in [-0.4, -0.2) is 11.9 Å². The molecule has 1 heterocycles. The van der Waals surface area contributed by atoms with Gasteiger partial charge >= 0.3 is 5.97 Å². The maximum absolute atomic E-state index is 12.4. The smallest absolute Gasteiger partial charge is 0.363 e. The third-order valence-electron chi connectivity index (χ3n) is 5.10. The van der Waals surface area contributed by atoms with Crippen molar-refractivity contribution in [3.63, 3.8) is 0 Å². The van der Waals surface area contributed by atoms with Crippen LogP contribution in [0.5, 0.6) is 5.75 Å². The summed E-state index contributed by atoms with van der Waals surface area (Å²) in [5.41, 5.74) is 3.88. The highest BCUT2D eigenvalue weighted by atomic mass is 79.9. The van der Waals surface area contributed by atoms with Gasteiger partial charge in [-0.1, -0.05) is 55.8 Å². The first kappa shape index (κ1) is 23.7. The predicted octanol–water partition coefficient (Wildman–Crippen LogP) is 7.91. The van der Waals surface area contributed by atoms with E-state index in [1.165, 1.54) is 5.56 Å². The molecule has 0 N–H and O–H groups in total. The van der Waals surface area contributed by atoms with Crippen molar-refractivity contribution in [3.05, 3.63) is 103 Å². The lowest BCUT2D eigenvalue weighted by atomic mass is 10.0. The van der Waals surface area contributed by atoms with E-state index in [1.807, 2.05) is 60.7 Å². The fourth-order valence-corrected chi connectivity index (χ4v) is 4.91. The van der Waals surface area contributed by atoms with Crippen LogP contribution in [0.3, 0.4) is 0 Å². The molecule has 168 valence electrons. The second kappa shape index (κ2) is 10.2. The van der Waals surface area contributed by atoms with E-state index in [0.29, 0.717) is 29.2 Å². The van der Waals surface area contributed by atoms with Crippen molar-refractivity contribution < 1.29 is 14.3 Å². The summed E-state index contributed by atoms with van der Waals surface area (Å²) in [7, 11) is 0. The topological polar surface area (TPSA) is 47.9 Å². The third kappa shape index (κ3) is 5.57. The maximum atomic E-state index is 12.4. The number of esters is 1. The fourth-order valence-electron chi connectivity index (χ4n) is 3.27. The highest BCUT2D eigenvalue weighted by Gasteiger charge is 2.24. The molecule has 0 amide bonds. The van der Waals surface area contributed by atoms with Gasteiger partial charge in [-0.3, -0.25) is 0 Å². The number of halogens is 3. The van der Waals surface area contributed by atoms with Crippen LogP contribution in [-0.2, 0) is 16.1 Å². The van der Waals surface area contributed by atoms with Gasteiger partial charge in [-0.25, -0.2) is 9.79 Å². The lowest BCUT2D eigenvalue weighted by Gasteiger charge is -2.12. The molecule has 0 unspecified atom stereocenters. The number of hydrogen-bond acceptors (Lipinski definition) is 4. The van der Waals surface area contributed by atoms with E-state index in [2.05, 4.69) is 50.7 Å². The zero-order chi connectivity index (χ0) is 23.5. The second-order valence-electron chi connectivity index (χ2n) is 7.81. The summed E-state index contributed by atoms with van der Waals surface area (Å²) < 4.78 is 12.8. The lowest BCUT2D eigenvalue weighted by molar-refractivity contribution is -0.129. The van der Waals surface area contributed by atoms with Gasteiger partial charge in [-0.05, 0) is 85.3 Å². The van der Waals surface area contributed by atoms with Crippen LogP contribution >= 0.6 is 43.5 Å². The number of aliphatic imine (C=N–C) groups is 1. The number of cyclic esters (lactones) is 1. The quantitative estimate of drug-likeness (QED) is 0.217. The summed E-state index contributed by atoms with van der Waals surface area (Å²) in [4.78, 5) is 16.8. The lowest BCUT2D eigenvalue weighted by Crippen LogP contribution is -2.05. The monoisotopic (exact) mass is 587 g/mol. The van der Waals surface area contributed by atoms with Crippen molar-refractivity contribution in [2.45, 2.75) is 26.4 Å². The highest BCUT2D eigenvalue weighted by molar-refractivity contribution is 9.11. The molecule has 1 aliphatic rings. The van der Waals surface area contributed by atoms with Gasteiger partial charge in [0, 0.05) is 16.1 Å². The second-order valence-corrected chi connectivity index (χ2v) is 9.92. The van der Waals surface area contributed by atoms with E-state index in [9.17, 15) is 4.79 Å². The molecular weight excluding hydrogens is 570 g/mol. The Morgan fingerprint density at radius 2 is 1.73 bits per heavy atom. The minimum absolute atomic E-state index is 0.237. The summed E-state index contributed by atoms with van der Waals surface area (Å²) >= 11 is 13.3. The number of rotatable bonds is 6. The largest absolute Gasteiger partial charge is 0.486 e. The SMILES string of the molecule is CC(C)c1ccc(C2=N/C(=C\c3cc(Br)c(OCc4ccccc4Cl)c(Br)c3)C(=O)O2)cc1. The molecule has 0 saturated heterocycles. The molecule has 3 aromatic carbocycles. The highest BCUT2D eigenvalue weighted by Crippen LogP contribution is 2.36. The summed E-state index contributed by atoms with van der Waals surface area (Å²) in [6.45, 7) is 4.59. The minimum Gasteiger partial charge on any atom is -0.486 e. The van der Waals surface area contributed by atoms with E-state index >= 15 is 0 Å². The van der Waals surface area contributed by atoms with Crippen molar-refractivity contribution in [1.29, 1.82) is 0 Å². The molecule has 0 atom stereocenters. The molecule has 0 fully saturated rings. The number of hydrogen-bond donors (Lipinski definition) is 0. The van der Waals surface area contributed by atoms with Crippen molar-refractivity contribution in [2.75, 3.05) is 0 Å². The first-order chi connectivity index (χ1) is 15.8. The zero-order valence-corrected chi connectivity index (χ0v) is 21.9. The number of carbonyl (C=O) groups is 1. The van der Waals surface area contributed by atoms with Crippen LogP contribution in [0.4, 0.5) is 0 Å². The molecule has 3 aromatic rings. The van der Waals surface area contributed by atoms with Gasteiger partial charge in [-0.15, -0.1) is 0 Å². The average Bonchev–Trinajstić information content (AvgIpc) is 3.14. The van der Waals surface area contributed by atoms with Gasteiger partial charge in [0.25, 0.3) is 0 Å². The fraction of sp³-hybridized carbons (Fsp3) is 0.154. The Labute approximate surface area is 214 Å². The summed E-state index contributed by atoms with van der Waals surface area (Å²) in [5.74, 6) is 0.889. The van der Waals surface area contributed by atoms with Crippen LogP contribution in [0, 0.1) is 0 Å². The molecule has 4 nitrogen and oxygen atoms in total. The van der Waals surface area contributed by atoms with Gasteiger partial charge in [0.05, 0.1) is 8.95 Å². The molecule has 0 aliphatic carbocycles. The molecule has 33 heavy (non-hydrogen) atoms. The molecule has 4 rings (SSSR count). The number of benzene rings is 3. The van der Waals surface area contributed by atoms with E-state index < -0.39 is 5.97 Å². The molecule has 0 bridgehead atoms. The number of carbonyl (C=O) groups excluding carboxylic acids is 1. The zero-order valence-electron chi connectivity index (χ0n) is 17.9. The Morgan fingerprint density at radius 3 is 2.36 bits per heavy atom. The van der Waals surface area contributed by atoms with Crippen LogP contribution in [0.15, 0.2) is 80.3 Å². The van der Waals surface area contributed by atoms with Crippen molar-refractivity contribution in [2.24, 2.45) is 4.99 Å². The first-order valence-corrected chi connectivity index (χ1v) is 12.3. The summed E-state index contributed by atoms with van der Waals surface area (Å²) in [5, 5.41) is 0.651. The van der Waals surface area contributed by atoms with Crippen molar-refractivity contribution in [1.82, 2.24) is 0 Å². The number of nitrogens with zero attached hydrogens (tertiary/aromatic N) is 1. The normalized spacial score (nSPS) is 14.5. The van der Waals surface area contributed by atoms with Gasteiger partial charge in [0.2, 0.25) is 5.90 Å². The maximum Gasteiger partial charge on any atom is 0.363 e. The standard InChI is InChI=1S/C26H20Br2ClNO3/c1-15(2)17-7-9-18(10-8-17)25-30-23(26(31)33-25)13-16-11-20(27)24(21(28)12-16)32-14-19-5-3-4-6-22(19)29/h3-13,15H,14H2,1-2H3/b23-13-. The Morgan fingerprint density at radius 1 is 1.06 bits per heavy atom. The van der Waals surface area contributed by atoms with E-state index in [1.54, 1.807) is 6.08 Å². The van der Waals surface area contributed by atoms with Gasteiger partial charge in [-0.2, -0.15) is 0 Å². The molecular formula is C26H20Br2ClNO3. The van der Waals surface area contributed by atoms with Crippen molar-refractivity contribution >= 4 is 61.4 Å². The van der Waals surface area contributed by atoms with Crippen LogP contribution in [0.25, 0.3) is 6.08 Å². The molecule has 0 radical (unpaired) electrons. The van der Waals surface area contributed by atoms with Crippen LogP contribution < -0.4 is 4.74 Å². The minimum atomic E-state index is -0.482. The van der Waals surface area contributed by atoms with Crippen LogP contribution in [0.1, 0.15) is 42.0 Å². The Hall–Kier alpha value is -2.41. The molecule has 0 saturated carbocycles. The molecule has 0 aromatic heterocycles. The molecule has 0 spiro atoms. The van der Waals surface area contributed by atoms with E-state index in [-0.39, 0.29) is 5.70 Å². The number of ether oxygens (including phenoxy) is 2. The molecule has 1 aliphatic heterocycles. The average molecular weight is 590 g/mol. The Balaban J connectivity index is 1.54. The summed E-state index contributed by atoms with van der Waals surface area (Å²) in [6, 6.07) is 19.1. The van der Waals surface area contributed by atoms with Gasteiger partial charge in [0.15, 0.2) is 5.70 Å². The molecule has 7 heteroatoms. The van der Waals surface area contributed by atoms with Gasteiger partial charge < -0.3 is 9.47 Å². The Bertz CT molecular complexity index is 1240. The predicted molar refractivity (Wildman–Crippen MR) is 139 cm³/mol.